The molecule has 2 nitrogen and oxygen atoms in total. The van der Waals surface area contributed by atoms with Gasteiger partial charge in [-0.2, -0.15) is 0 Å². The number of likely N-dealkylation sites (tertiary alicyclic amines) is 1. The fourth-order valence-electron chi connectivity index (χ4n) is 2.05. The maximum atomic E-state index is 13.3. The lowest BCUT2D eigenvalue weighted by atomic mass is 10.0. The summed E-state index contributed by atoms with van der Waals surface area (Å²) < 4.78 is 26.6. The molecule has 0 spiro atoms. The molecule has 0 atom stereocenters. The van der Waals surface area contributed by atoms with Crippen LogP contribution in [0.4, 0.5) is 8.78 Å². The molecule has 0 radical (unpaired) electrons. The van der Waals surface area contributed by atoms with Gasteiger partial charge in [0.15, 0.2) is 0 Å². The molecule has 0 amide bonds. The Balaban J connectivity index is 2.51. The molecule has 1 N–H and O–H groups in total. The van der Waals surface area contributed by atoms with Gasteiger partial charge in [0.2, 0.25) is 0 Å². The molecule has 1 saturated heterocycles. The molecule has 14 heavy (non-hydrogen) atoms. The van der Waals surface area contributed by atoms with Gasteiger partial charge in [-0.3, -0.25) is 4.90 Å². The highest BCUT2D eigenvalue weighted by molar-refractivity contribution is 4.90. The molecular weight excluding hydrogens is 186 g/mol. The molecule has 1 rings (SSSR count). The minimum atomic E-state index is -2.61. The Morgan fingerprint density at radius 1 is 1.43 bits per heavy atom. The van der Waals surface area contributed by atoms with Gasteiger partial charge in [0.25, 0.3) is 5.92 Å². The van der Waals surface area contributed by atoms with E-state index in [1.807, 2.05) is 18.7 Å². The Kier molecular flexibility index (Phi) is 3.48. The third kappa shape index (κ3) is 2.89. The molecular formula is C10H20F2N2. The molecule has 1 fully saturated rings. The highest BCUT2D eigenvalue weighted by Crippen LogP contribution is 2.30. The van der Waals surface area contributed by atoms with E-state index in [1.54, 1.807) is 7.05 Å². The highest BCUT2D eigenvalue weighted by Gasteiger charge is 2.39. The Hall–Kier alpha value is -0.220. The fourth-order valence-corrected chi connectivity index (χ4v) is 2.05. The van der Waals surface area contributed by atoms with Gasteiger partial charge >= 0.3 is 0 Å². The van der Waals surface area contributed by atoms with Crippen LogP contribution in [0.25, 0.3) is 0 Å². The SMILES string of the molecule is CNCC(F)(F)CN1CCCC1(C)C. The molecule has 4 heteroatoms. The Labute approximate surface area is 84.7 Å². The maximum Gasteiger partial charge on any atom is 0.272 e. The Bertz CT molecular complexity index is 193. The third-order valence-corrected chi connectivity index (χ3v) is 2.93. The molecule has 1 aliphatic heterocycles. The van der Waals surface area contributed by atoms with Gasteiger partial charge in [0, 0.05) is 5.54 Å². The lowest BCUT2D eigenvalue weighted by Crippen LogP contribution is -2.48. The summed E-state index contributed by atoms with van der Waals surface area (Å²) in [4.78, 5) is 1.89. The van der Waals surface area contributed by atoms with Gasteiger partial charge in [0.1, 0.15) is 0 Å². The first-order chi connectivity index (χ1) is 6.37. The van der Waals surface area contributed by atoms with Crippen molar-refractivity contribution in [3.05, 3.63) is 0 Å². The second-order valence-electron chi connectivity index (χ2n) is 4.72. The van der Waals surface area contributed by atoms with Crippen LogP contribution in [-0.4, -0.2) is 43.0 Å². The van der Waals surface area contributed by atoms with Crippen molar-refractivity contribution in [3.8, 4) is 0 Å². The summed E-state index contributed by atoms with van der Waals surface area (Å²) in [5.74, 6) is -2.61. The van der Waals surface area contributed by atoms with Crippen molar-refractivity contribution >= 4 is 0 Å². The molecule has 84 valence electrons. The van der Waals surface area contributed by atoms with E-state index in [-0.39, 0.29) is 18.6 Å². The first-order valence-corrected chi connectivity index (χ1v) is 5.15. The molecule has 0 aromatic carbocycles. The third-order valence-electron chi connectivity index (χ3n) is 2.93. The van der Waals surface area contributed by atoms with Crippen LogP contribution in [0.5, 0.6) is 0 Å². The molecule has 0 saturated carbocycles. The number of hydrogen-bond donors (Lipinski definition) is 1. The van der Waals surface area contributed by atoms with Crippen LogP contribution in [-0.2, 0) is 0 Å². The predicted molar refractivity (Wildman–Crippen MR) is 53.8 cm³/mol. The predicted octanol–water partition coefficient (Wildman–Crippen LogP) is 1.72. The number of rotatable bonds is 4. The van der Waals surface area contributed by atoms with E-state index in [0.29, 0.717) is 0 Å². The molecule has 0 bridgehead atoms. The molecule has 0 aromatic heterocycles. The van der Waals surface area contributed by atoms with Crippen LogP contribution in [0.2, 0.25) is 0 Å². The second kappa shape index (κ2) is 4.11. The number of alkyl halides is 2. The van der Waals surface area contributed by atoms with E-state index in [9.17, 15) is 8.78 Å². The van der Waals surface area contributed by atoms with Gasteiger partial charge < -0.3 is 5.32 Å². The van der Waals surface area contributed by atoms with Gasteiger partial charge in [-0.25, -0.2) is 8.78 Å². The van der Waals surface area contributed by atoms with E-state index in [4.69, 9.17) is 0 Å². The molecule has 0 unspecified atom stereocenters. The van der Waals surface area contributed by atoms with E-state index in [1.165, 1.54) is 0 Å². The summed E-state index contributed by atoms with van der Waals surface area (Å²) in [7, 11) is 1.56. The summed E-state index contributed by atoms with van der Waals surface area (Å²) >= 11 is 0. The van der Waals surface area contributed by atoms with Crippen LogP contribution < -0.4 is 5.32 Å². The molecule has 1 aliphatic rings. The van der Waals surface area contributed by atoms with Crippen molar-refractivity contribution in [2.24, 2.45) is 0 Å². The Morgan fingerprint density at radius 2 is 2.07 bits per heavy atom. The van der Waals surface area contributed by atoms with Gasteiger partial charge in [-0.05, 0) is 40.3 Å². The summed E-state index contributed by atoms with van der Waals surface area (Å²) in [6.07, 6.45) is 2.05. The van der Waals surface area contributed by atoms with Crippen LogP contribution in [0.3, 0.4) is 0 Å². The first kappa shape index (κ1) is 11.9. The standard InChI is InChI=1S/C10H20F2N2/c1-9(2)5-4-6-14(9)8-10(11,12)7-13-3/h13H,4-8H2,1-3H3. The monoisotopic (exact) mass is 206 g/mol. The number of nitrogens with zero attached hydrogens (tertiary/aromatic N) is 1. The van der Waals surface area contributed by atoms with Crippen molar-refractivity contribution < 1.29 is 8.78 Å². The van der Waals surface area contributed by atoms with E-state index in [2.05, 4.69) is 5.32 Å². The van der Waals surface area contributed by atoms with E-state index < -0.39 is 5.92 Å². The zero-order chi connectivity index (χ0) is 10.8. The minimum Gasteiger partial charge on any atom is -0.314 e. The van der Waals surface area contributed by atoms with Crippen molar-refractivity contribution in [2.75, 3.05) is 26.7 Å². The van der Waals surface area contributed by atoms with Crippen molar-refractivity contribution in [1.29, 1.82) is 0 Å². The number of nitrogens with one attached hydrogen (secondary N) is 1. The highest BCUT2D eigenvalue weighted by atomic mass is 19.3. The van der Waals surface area contributed by atoms with Crippen molar-refractivity contribution in [2.45, 2.75) is 38.2 Å². The van der Waals surface area contributed by atoms with Gasteiger partial charge in [0.05, 0.1) is 13.1 Å². The summed E-state index contributed by atoms with van der Waals surface area (Å²) in [6.45, 7) is 4.51. The smallest absolute Gasteiger partial charge is 0.272 e. The average molecular weight is 206 g/mol. The summed E-state index contributed by atoms with van der Waals surface area (Å²) in [5.41, 5.74) is -0.0584. The van der Waals surface area contributed by atoms with Crippen LogP contribution >= 0.6 is 0 Å². The summed E-state index contributed by atoms with van der Waals surface area (Å²) in [6, 6.07) is 0. The normalized spacial score (nSPS) is 22.9. The van der Waals surface area contributed by atoms with Crippen LogP contribution in [0.1, 0.15) is 26.7 Å². The quantitative estimate of drug-likeness (QED) is 0.753. The van der Waals surface area contributed by atoms with Crippen molar-refractivity contribution in [1.82, 2.24) is 10.2 Å². The van der Waals surface area contributed by atoms with Crippen LogP contribution in [0, 0.1) is 0 Å². The summed E-state index contributed by atoms with van der Waals surface area (Å²) in [5, 5.41) is 2.53. The zero-order valence-corrected chi connectivity index (χ0v) is 9.24. The topological polar surface area (TPSA) is 15.3 Å². The number of hydrogen-bond acceptors (Lipinski definition) is 2. The van der Waals surface area contributed by atoms with Crippen molar-refractivity contribution in [3.63, 3.8) is 0 Å². The van der Waals surface area contributed by atoms with Gasteiger partial charge in [-0.1, -0.05) is 0 Å². The lowest BCUT2D eigenvalue weighted by Gasteiger charge is -2.34. The molecule has 0 aromatic rings. The molecule has 0 aliphatic carbocycles. The van der Waals surface area contributed by atoms with Gasteiger partial charge in [-0.15, -0.1) is 0 Å². The fraction of sp³-hybridized carbons (Fsp3) is 1.00. The average Bonchev–Trinajstić information content (AvgIpc) is 2.29. The Morgan fingerprint density at radius 3 is 2.50 bits per heavy atom. The minimum absolute atomic E-state index is 0.0584. The van der Waals surface area contributed by atoms with E-state index >= 15 is 0 Å². The zero-order valence-electron chi connectivity index (χ0n) is 9.24. The van der Waals surface area contributed by atoms with E-state index in [0.717, 1.165) is 19.4 Å². The first-order valence-electron chi connectivity index (χ1n) is 5.15. The second-order valence-corrected chi connectivity index (χ2v) is 4.72. The molecule has 1 heterocycles. The van der Waals surface area contributed by atoms with Crippen LogP contribution in [0.15, 0.2) is 0 Å². The largest absolute Gasteiger partial charge is 0.314 e. The maximum absolute atomic E-state index is 13.3. The lowest BCUT2D eigenvalue weighted by molar-refractivity contribution is -0.0428. The number of halogens is 2.